The molecule has 45 heavy (non-hydrogen) atoms. The molecule has 0 spiro atoms. The van der Waals surface area contributed by atoms with E-state index in [1.807, 2.05) is 19.1 Å². The van der Waals surface area contributed by atoms with Crippen LogP contribution in [0.3, 0.4) is 0 Å². The van der Waals surface area contributed by atoms with E-state index < -0.39 is 21.7 Å². The van der Waals surface area contributed by atoms with E-state index >= 15 is 0 Å². The Morgan fingerprint density at radius 1 is 1.00 bits per heavy atom. The normalized spacial score (nSPS) is 14.2. The van der Waals surface area contributed by atoms with E-state index in [4.69, 9.17) is 9.57 Å². The molecule has 0 aliphatic carbocycles. The summed E-state index contributed by atoms with van der Waals surface area (Å²) in [6.45, 7) is 4.70. The van der Waals surface area contributed by atoms with Gasteiger partial charge >= 0.3 is 6.03 Å². The molecule has 246 valence electrons. The van der Waals surface area contributed by atoms with Crippen molar-refractivity contribution in [3.8, 4) is 5.75 Å². The predicted molar refractivity (Wildman–Crippen MR) is 172 cm³/mol. The number of hydroxylamine groups is 1. The summed E-state index contributed by atoms with van der Waals surface area (Å²) in [5.74, 6) is -1.06. The van der Waals surface area contributed by atoms with Gasteiger partial charge in [0, 0.05) is 45.4 Å². The number of sulfonamides is 1. The second kappa shape index (κ2) is 17.4. The first-order valence-corrected chi connectivity index (χ1v) is 16.2. The Balaban J connectivity index is 0.00000552. The highest BCUT2D eigenvalue weighted by atomic mass is 35.5. The summed E-state index contributed by atoms with van der Waals surface area (Å²) in [6.07, 6.45) is 2.98. The van der Waals surface area contributed by atoms with Crippen LogP contribution in [0.4, 0.5) is 19.3 Å². The SMILES string of the molecule is CCCCN(C(=O)NC1CCN(Cc2ccc(ON(CCOC)S(=O)(=O)c3ccccc3)cc2)CC1)c1ccc(F)cc1F.Cl. The van der Waals surface area contributed by atoms with E-state index in [1.165, 1.54) is 30.2 Å². The number of halogens is 3. The number of likely N-dealkylation sites (tertiary alicyclic amines) is 1. The van der Waals surface area contributed by atoms with Crippen molar-refractivity contribution in [2.45, 2.75) is 50.1 Å². The number of hydrogen-bond acceptors (Lipinski definition) is 6. The molecule has 1 saturated heterocycles. The predicted octanol–water partition coefficient (Wildman–Crippen LogP) is 6.00. The number of rotatable bonds is 14. The molecule has 3 aromatic rings. The Bertz CT molecular complexity index is 1460. The fourth-order valence-electron chi connectivity index (χ4n) is 4.96. The van der Waals surface area contributed by atoms with Crippen LogP contribution in [-0.4, -0.2) is 69.8 Å². The van der Waals surface area contributed by atoms with Crippen molar-refractivity contribution in [3.05, 3.63) is 90.0 Å². The highest BCUT2D eigenvalue weighted by Gasteiger charge is 2.27. The third kappa shape index (κ3) is 10.1. The van der Waals surface area contributed by atoms with Crippen molar-refractivity contribution in [2.24, 2.45) is 0 Å². The molecule has 4 rings (SSSR count). The number of benzene rings is 3. The zero-order chi connectivity index (χ0) is 31.5. The molecule has 9 nitrogen and oxygen atoms in total. The summed E-state index contributed by atoms with van der Waals surface area (Å²) in [5.41, 5.74) is 1.11. The molecule has 3 aromatic carbocycles. The number of unbranched alkanes of at least 4 members (excludes halogenated alkanes) is 1. The Kier molecular flexibility index (Phi) is 14.0. The fourth-order valence-corrected chi connectivity index (χ4v) is 6.19. The van der Waals surface area contributed by atoms with Crippen LogP contribution in [0.5, 0.6) is 5.75 Å². The number of nitrogens with zero attached hydrogens (tertiary/aromatic N) is 3. The number of anilines is 1. The topological polar surface area (TPSA) is 91.4 Å². The zero-order valence-corrected chi connectivity index (χ0v) is 27.2. The van der Waals surface area contributed by atoms with E-state index in [9.17, 15) is 22.0 Å². The summed E-state index contributed by atoms with van der Waals surface area (Å²) < 4.78 is 60.2. The van der Waals surface area contributed by atoms with Gasteiger partial charge in [0.15, 0.2) is 0 Å². The first kappa shape index (κ1) is 36.2. The van der Waals surface area contributed by atoms with Gasteiger partial charge in [-0.1, -0.05) is 43.7 Å². The van der Waals surface area contributed by atoms with Crippen LogP contribution in [-0.2, 0) is 21.3 Å². The van der Waals surface area contributed by atoms with Gasteiger partial charge in [-0.2, -0.15) is 0 Å². The van der Waals surface area contributed by atoms with E-state index in [-0.39, 0.29) is 48.2 Å². The summed E-state index contributed by atoms with van der Waals surface area (Å²) in [7, 11) is -2.40. The maximum absolute atomic E-state index is 14.5. The number of carbonyl (C=O) groups is 1. The molecule has 1 aliphatic rings. The van der Waals surface area contributed by atoms with Gasteiger partial charge in [-0.15, -0.1) is 12.4 Å². The van der Waals surface area contributed by atoms with E-state index in [0.717, 1.165) is 54.5 Å². The molecule has 1 heterocycles. The summed E-state index contributed by atoms with van der Waals surface area (Å²) in [4.78, 5) is 22.7. The number of urea groups is 1. The second-order valence-corrected chi connectivity index (χ2v) is 12.5. The quantitative estimate of drug-likeness (QED) is 0.212. The highest BCUT2D eigenvalue weighted by molar-refractivity contribution is 7.89. The lowest BCUT2D eigenvalue weighted by Crippen LogP contribution is -2.49. The number of hydrogen-bond donors (Lipinski definition) is 1. The first-order valence-electron chi connectivity index (χ1n) is 14.8. The lowest BCUT2D eigenvalue weighted by Gasteiger charge is -2.34. The van der Waals surface area contributed by atoms with Crippen LogP contribution in [0.2, 0.25) is 0 Å². The minimum Gasteiger partial charge on any atom is -0.391 e. The lowest BCUT2D eigenvalue weighted by atomic mass is 10.0. The van der Waals surface area contributed by atoms with Gasteiger partial charge < -0.3 is 14.9 Å². The molecule has 0 bridgehead atoms. The van der Waals surface area contributed by atoms with Crippen molar-refractivity contribution in [2.75, 3.05) is 44.8 Å². The van der Waals surface area contributed by atoms with Crippen molar-refractivity contribution >= 4 is 34.1 Å². The van der Waals surface area contributed by atoms with E-state index in [2.05, 4.69) is 10.2 Å². The largest absolute Gasteiger partial charge is 0.391 e. The molecule has 0 unspecified atom stereocenters. The van der Waals surface area contributed by atoms with Gasteiger partial charge in [-0.25, -0.2) is 22.0 Å². The van der Waals surface area contributed by atoms with Crippen molar-refractivity contribution in [1.82, 2.24) is 14.7 Å². The monoisotopic (exact) mass is 666 g/mol. The fraction of sp³-hybridized carbons (Fsp3) is 0.406. The molecule has 0 atom stereocenters. The maximum atomic E-state index is 14.5. The Morgan fingerprint density at radius 3 is 2.31 bits per heavy atom. The standard InChI is InChI=1S/C32H40F2N4O5S.ClH/c1-3-4-18-37(31-15-12-26(33)23-30(31)34)32(39)35-27-16-19-36(20-17-27)24-25-10-13-28(14-11-25)43-38(21-22-42-2)44(40,41)29-8-6-5-7-9-29;/h5-15,23,27H,3-4,16-22,24H2,1-2H3,(H,35,39);1H. The Morgan fingerprint density at radius 2 is 1.69 bits per heavy atom. The Hall–Kier alpha value is -3.29. The van der Waals surface area contributed by atoms with Crippen molar-refractivity contribution < 1.29 is 31.6 Å². The molecule has 0 saturated carbocycles. The van der Waals surface area contributed by atoms with Crippen molar-refractivity contribution in [3.63, 3.8) is 0 Å². The minimum atomic E-state index is -3.89. The van der Waals surface area contributed by atoms with Crippen LogP contribution in [0, 0.1) is 11.6 Å². The molecule has 1 fully saturated rings. The maximum Gasteiger partial charge on any atom is 0.322 e. The second-order valence-electron chi connectivity index (χ2n) is 10.7. The van der Waals surface area contributed by atoms with Gasteiger partial charge in [0.05, 0.1) is 23.7 Å². The van der Waals surface area contributed by atoms with Gasteiger partial charge in [0.25, 0.3) is 10.0 Å². The molecule has 0 radical (unpaired) electrons. The molecule has 0 aromatic heterocycles. The lowest BCUT2D eigenvalue weighted by molar-refractivity contribution is 0.0143. The molecule has 2 amide bonds. The smallest absolute Gasteiger partial charge is 0.322 e. The number of amides is 2. The van der Waals surface area contributed by atoms with Crippen LogP contribution in [0.15, 0.2) is 77.7 Å². The van der Waals surface area contributed by atoms with Crippen LogP contribution < -0.4 is 15.1 Å². The summed E-state index contributed by atoms with van der Waals surface area (Å²) >= 11 is 0. The summed E-state index contributed by atoms with van der Waals surface area (Å²) in [5, 5.41) is 3.04. The summed E-state index contributed by atoms with van der Waals surface area (Å²) in [6, 6.07) is 18.2. The van der Waals surface area contributed by atoms with Crippen LogP contribution in [0.25, 0.3) is 0 Å². The van der Waals surface area contributed by atoms with Gasteiger partial charge in [-0.3, -0.25) is 9.80 Å². The van der Waals surface area contributed by atoms with E-state index in [0.29, 0.717) is 25.3 Å². The van der Waals surface area contributed by atoms with Crippen LogP contribution >= 0.6 is 12.4 Å². The third-order valence-corrected chi connectivity index (χ3v) is 9.08. The molecule has 13 heteroatoms. The number of ether oxygens (including phenoxy) is 1. The molecular formula is C32H41ClF2N4O5S. The molecule has 1 N–H and O–H groups in total. The average Bonchev–Trinajstić information content (AvgIpc) is 3.02. The van der Waals surface area contributed by atoms with Gasteiger partial charge in [0.1, 0.15) is 17.4 Å². The highest BCUT2D eigenvalue weighted by Crippen LogP contribution is 2.23. The number of methoxy groups -OCH3 is 1. The molecule has 1 aliphatic heterocycles. The van der Waals surface area contributed by atoms with E-state index in [1.54, 1.807) is 30.3 Å². The van der Waals surface area contributed by atoms with Crippen molar-refractivity contribution in [1.29, 1.82) is 0 Å². The van der Waals surface area contributed by atoms with Crippen LogP contribution in [0.1, 0.15) is 38.2 Å². The Labute approximate surface area is 270 Å². The van der Waals surface area contributed by atoms with Gasteiger partial charge in [0.2, 0.25) is 0 Å². The number of nitrogens with one attached hydrogen (secondary N) is 1. The average molecular weight is 667 g/mol. The zero-order valence-electron chi connectivity index (χ0n) is 25.5. The van der Waals surface area contributed by atoms with Gasteiger partial charge in [-0.05, 0) is 65.7 Å². The molecular weight excluding hydrogens is 626 g/mol. The number of piperidine rings is 1. The third-order valence-electron chi connectivity index (χ3n) is 7.42. The number of carbonyl (C=O) groups excluding carboxylic acids is 1. The first-order chi connectivity index (χ1) is 21.2. The minimum absolute atomic E-state index is 0.